The summed E-state index contributed by atoms with van der Waals surface area (Å²) in [5.74, 6) is 5.33. The Bertz CT molecular complexity index is 1100. The summed E-state index contributed by atoms with van der Waals surface area (Å²) in [6.07, 6.45) is 51.3. The van der Waals surface area contributed by atoms with Gasteiger partial charge in [0.15, 0.2) is 0 Å². The topological polar surface area (TPSA) is 26.3 Å². The lowest BCUT2D eigenvalue weighted by Crippen LogP contribution is -2.51. The van der Waals surface area contributed by atoms with Crippen molar-refractivity contribution < 1.29 is 9.53 Å². The monoisotopic (exact) mass is 763 g/mol. The molecule has 55 heavy (non-hydrogen) atoms. The molecule has 0 aromatic heterocycles. The van der Waals surface area contributed by atoms with Crippen LogP contribution in [-0.2, 0) is 9.53 Å². The minimum absolute atomic E-state index is 0.0646. The van der Waals surface area contributed by atoms with Crippen LogP contribution >= 0.6 is 0 Å². The van der Waals surface area contributed by atoms with Crippen molar-refractivity contribution in [3.8, 4) is 0 Å². The minimum atomic E-state index is 0.0646. The van der Waals surface area contributed by atoms with Gasteiger partial charge in [0.2, 0.25) is 0 Å². The summed E-state index contributed by atoms with van der Waals surface area (Å²) in [7, 11) is 0. The Kier molecular flexibility index (Phi) is 21.6. The molecule has 4 rings (SSSR count). The van der Waals surface area contributed by atoms with Gasteiger partial charge in [-0.25, -0.2) is 0 Å². The molecule has 0 N–H and O–H groups in total. The van der Waals surface area contributed by atoms with E-state index in [2.05, 4.69) is 59.8 Å². The van der Waals surface area contributed by atoms with Crippen LogP contribution in [0.2, 0.25) is 0 Å². The lowest BCUT2D eigenvalue weighted by molar-refractivity contribution is -0.151. The smallest absolute Gasteiger partial charge is 0.306 e. The first-order valence-electron chi connectivity index (χ1n) is 25.2. The van der Waals surface area contributed by atoms with Crippen LogP contribution in [0, 0.1) is 46.3 Å². The van der Waals surface area contributed by atoms with Crippen LogP contribution in [0.15, 0.2) is 23.8 Å². The molecule has 4 aliphatic carbocycles. The zero-order chi connectivity index (χ0) is 39.4. The van der Waals surface area contributed by atoms with Crippen molar-refractivity contribution in [1.82, 2.24) is 0 Å². The highest BCUT2D eigenvalue weighted by Crippen LogP contribution is 2.67. The first kappa shape index (κ1) is 46.6. The average molecular weight is 763 g/mol. The number of fused-ring (bicyclic) bond motifs is 5. The van der Waals surface area contributed by atoms with Crippen LogP contribution in [0.5, 0.6) is 0 Å². The molecule has 0 aromatic rings. The molecular formula is C53H94O2. The lowest BCUT2D eigenvalue weighted by Gasteiger charge is -2.58. The molecule has 8 atom stereocenters. The SMILES string of the molecule is CCCCCCCCCC/C=C\CCCCCCCCCCCCCC(=O)OC1CCC2(C)C(=CCC3C2CCC2(C)C(C(C)CCCC(C)C)CCC32)C1. The number of rotatable bonds is 29. The van der Waals surface area contributed by atoms with Gasteiger partial charge in [-0.3, -0.25) is 4.79 Å². The third-order valence-corrected chi connectivity index (χ3v) is 16.2. The van der Waals surface area contributed by atoms with Crippen molar-refractivity contribution >= 4 is 5.97 Å². The molecule has 2 heteroatoms. The summed E-state index contributed by atoms with van der Waals surface area (Å²) in [6, 6.07) is 0. The predicted molar refractivity (Wildman–Crippen MR) is 239 cm³/mol. The maximum atomic E-state index is 12.9. The van der Waals surface area contributed by atoms with E-state index >= 15 is 0 Å². The fourth-order valence-electron chi connectivity index (χ4n) is 12.8. The van der Waals surface area contributed by atoms with Crippen molar-refractivity contribution in [2.75, 3.05) is 0 Å². The molecule has 0 heterocycles. The Morgan fingerprint density at radius 2 is 1.27 bits per heavy atom. The first-order chi connectivity index (χ1) is 26.7. The molecule has 3 saturated carbocycles. The molecule has 0 saturated heterocycles. The maximum Gasteiger partial charge on any atom is 0.306 e. The largest absolute Gasteiger partial charge is 0.462 e. The van der Waals surface area contributed by atoms with Gasteiger partial charge in [-0.15, -0.1) is 0 Å². The normalized spacial score (nSPS) is 29.6. The number of carbonyl (C=O) groups excluding carboxylic acids is 1. The first-order valence-corrected chi connectivity index (χ1v) is 25.2. The number of hydrogen-bond acceptors (Lipinski definition) is 2. The zero-order valence-electron chi connectivity index (χ0n) is 37.9. The molecule has 0 aliphatic heterocycles. The molecule has 0 aromatic carbocycles. The van der Waals surface area contributed by atoms with Crippen molar-refractivity contribution in [3.63, 3.8) is 0 Å². The summed E-state index contributed by atoms with van der Waals surface area (Å²) in [6.45, 7) is 15.0. The van der Waals surface area contributed by atoms with E-state index < -0.39 is 0 Å². The number of unbranched alkanes of at least 4 members (excludes halogenated alkanes) is 19. The van der Waals surface area contributed by atoms with E-state index in [0.717, 1.165) is 54.8 Å². The second-order valence-electron chi connectivity index (χ2n) is 20.8. The van der Waals surface area contributed by atoms with Crippen molar-refractivity contribution in [3.05, 3.63) is 23.8 Å². The number of carbonyl (C=O) groups is 1. The van der Waals surface area contributed by atoms with Gasteiger partial charge in [-0.05, 0) is 123 Å². The van der Waals surface area contributed by atoms with E-state index in [0.29, 0.717) is 17.3 Å². The van der Waals surface area contributed by atoms with Crippen LogP contribution in [0.25, 0.3) is 0 Å². The van der Waals surface area contributed by atoms with Gasteiger partial charge < -0.3 is 4.74 Å². The van der Waals surface area contributed by atoms with E-state index in [4.69, 9.17) is 4.74 Å². The molecule has 0 amide bonds. The van der Waals surface area contributed by atoms with Gasteiger partial charge in [0.25, 0.3) is 0 Å². The van der Waals surface area contributed by atoms with Crippen LogP contribution in [-0.4, -0.2) is 12.1 Å². The molecule has 2 nitrogen and oxygen atoms in total. The summed E-state index contributed by atoms with van der Waals surface area (Å²) in [4.78, 5) is 12.9. The van der Waals surface area contributed by atoms with Gasteiger partial charge in [-0.2, -0.15) is 0 Å². The lowest BCUT2D eigenvalue weighted by atomic mass is 9.47. The number of allylic oxidation sites excluding steroid dienone is 3. The molecule has 8 unspecified atom stereocenters. The standard InChI is InChI=1S/C53H94O2/c1-7-8-9-10-11-12-13-14-15-16-17-18-19-20-21-22-23-24-25-26-27-28-29-33-51(54)55-46-38-40-52(5)45(42-46)34-35-47-49-37-36-48(44(4)32-30-31-43(2)3)53(49,6)41-39-50(47)52/h16-17,34,43-44,46-50H,7-15,18-33,35-42H2,1-6H3/b17-16-. The van der Waals surface area contributed by atoms with Gasteiger partial charge in [-0.1, -0.05) is 187 Å². The summed E-state index contributed by atoms with van der Waals surface area (Å²) < 4.78 is 6.16. The molecule has 0 radical (unpaired) electrons. The van der Waals surface area contributed by atoms with Gasteiger partial charge in [0, 0.05) is 12.8 Å². The molecule has 318 valence electrons. The van der Waals surface area contributed by atoms with Gasteiger partial charge in [0.05, 0.1) is 0 Å². The van der Waals surface area contributed by atoms with Gasteiger partial charge in [0.1, 0.15) is 6.10 Å². The summed E-state index contributed by atoms with van der Waals surface area (Å²) in [5, 5.41) is 0. The second-order valence-corrected chi connectivity index (χ2v) is 20.8. The van der Waals surface area contributed by atoms with Crippen LogP contribution < -0.4 is 0 Å². The number of hydrogen-bond donors (Lipinski definition) is 0. The van der Waals surface area contributed by atoms with Crippen molar-refractivity contribution in [2.24, 2.45) is 46.3 Å². The predicted octanol–water partition coefficient (Wildman–Crippen LogP) is 17.1. The Balaban J connectivity index is 0.988. The van der Waals surface area contributed by atoms with E-state index in [1.54, 1.807) is 5.57 Å². The fraction of sp³-hybridized carbons (Fsp3) is 0.906. The molecule has 3 fully saturated rings. The Labute approximate surface area is 344 Å². The Morgan fingerprint density at radius 1 is 0.691 bits per heavy atom. The fourth-order valence-corrected chi connectivity index (χ4v) is 12.8. The quantitative estimate of drug-likeness (QED) is 0.0431. The average Bonchev–Trinajstić information content (AvgIpc) is 3.52. The van der Waals surface area contributed by atoms with E-state index in [1.807, 2.05) is 0 Å². The third kappa shape index (κ3) is 14.9. The highest BCUT2D eigenvalue weighted by molar-refractivity contribution is 5.69. The highest BCUT2D eigenvalue weighted by atomic mass is 16.5. The summed E-state index contributed by atoms with van der Waals surface area (Å²) in [5.41, 5.74) is 2.53. The van der Waals surface area contributed by atoms with E-state index in [-0.39, 0.29) is 12.1 Å². The number of esters is 1. The van der Waals surface area contributed by atoms with Crippen molar-refractivity contribution in [1.29, 1.82) is 0 Å². The van der Waals surface area contributed by atoms with Crippen molar-refractivity contribution in [2.45, 2.75) is 260 Å². The van der Waals surface area contributed by atoms with Crippen LogP contribution in [0.4, 0.5) is 0 Å². The Morgan fingerprint density at radius 3 is 1.87 bits per heavy atom. The highest BCUT2D eigenvalue weighted by Gasteiger charge is 2.59. The van der Waals surface area contributed by atoms with Crippen LogP contribution in [0.3, 0.4) is 0 Å². The van der Waals surface area contributed by atoms with Crippen LogP contribution in [0.1, 0.15) is 253 Å². The van der Waals surface area contributed by atoms with E-state index in [1.165, 1.54) is 186 Å². The molecular weight excluding hydrogens is 669 g/mol. The minimum Gasteiger partial charge on any atom is -0.462 e. The third-order valence-electron chi connectivity index (χ3n) is 16.2. The zero-order valence-corrected chi connectivity index (χ0v) is 37.9. The number of ether oxygens (including phenoxy) is 1. The molecule has 4 aliphatic rings. The molecule has 0 bridgehead atoms. The second kappa shape index (κ2) is 25.4. The Hall–Kier alpha value is -1.05. The summed E-state index contributed by atoms with van der Waals surface area (Å²) >= 11 is 0. The van der Waals surface area contributed by atoms with E-state index in [9.17, 15) is 4.79 Å². The van der Waals surface area contributed by atoms with Gasteiger partial charge >= 0.3 is 5.97 Å². The molecule has 0 spiro atoms. The maximum absolute atomic E-state index is 12.9.